The molecule has 2 aliphatic heterocycles. The van der Waals surface area contributed by atoms with Crippen molar-refractivity contribution in [1.29, 1.82) is 21.0 Å². The Labute approximate surface area is 230 Å². The summed E-state index contributed by atoms with van der Waals surface area (Å²) in [6.45, 7) is 0. The third-order valence-electron chi connectivity index (χ3n) is 2.77. The maximum absolute atomic E-state index is 10.4. The summed E-state index contributed by atoms with van der Waals surface area (Å²) >= 11 is 0. The van der Waals surface area contributed by atoms with Crippen LogP contribution in [0.15, 0.2) is 23.0 Å². The van der Waals surface area contributed by atoms with Crippen LogP contribution >= 0.6 is 40.6 Å². The van der Waals surface area contributed by atoms with Gasteiger partial charge in [-0.3, -0.25) is 0 Å². The summed E-state index contributed by atoms with van der Waals surface area (Å²) in [7, 11) is 1.42. The normalized spacial score (nSPS) is 23.1. The van der Waals surface area contributed by atoms with Gasteiger partial charge in [-0.2, -0.15) is 21.0 Å². The fourth-order valence-corrected chi connectivity index (χ4v) is 8.58. The molecule has 4 atom stereocenters. The molecule has 4 unspecified atom stereocenters. The summed E-state index contributed by atoms with van der Waals surface area (Å²) in [5, 5.41) is 60.0. The van der Waals surface area contributed by atoms with Gasteiger partial charge in [-0.05, 0) is 21.6 Å². The first-order valence-corrected chi connectivity index (χ1v) is 12.7. The molecule has 0 aliphatic carbocycles. The van der Waals surface area contributed by atoms with Gasteiger partial charge in [0.15, 0.2) is 11.8 Å². The summed E-state index contributed by atoms with van der Waals surface area (Å²) in [6, 6.07) is 7.21. The number of nitriles is 4. The van der Waals surface area contributed by atoms with E-state index in [1.807, 2.05) is 0 Å². The fraction of sp³-hybridized carbons (Fsp3) is 0.250. The number of rotatable bonds is 4. The largest absolute Gasteiger partial charge is 1.00 e. The monoisotopic (exact) mass is 496 g/mol. The molecule has 144 valence electrons. The van der Waals surface area contributed by atoms with E-state index in [2.05, 4.69) is 0 Å². The van der Waals surface area contributed by atoms with E-state index in [-0.39, 0.29) is 59.1 Å². The topological polar surface area (TPSA) is 175 Å². The van der Waals surface area contributed by atoms with Crippen LogP contribution in [-0.4, -0.2) is 33.2 Å². The molecule has 0 spiro atoms. The maximum atomic E-state index is 10.4. The summed E-state index contributed by atoms with van der Waals surface area (Å²) in [5.41, 5.74) is 0. The molecule has 2 rings (SSSR count). The summed E-state index contributed by atoms with van der Waals surface area (Å²) in [4.78, 5) is 20.9. The second-order valence-corrected chi connectivity index (χ2v) is 12.0. The Balaban J connectivity index is 0. The van der Waals surface area contributed by atoms with E-state index in [4.69, 9.17) is 21.0 Å². The number of carboxylic acid groups (broad SMARTS) is 2. The molecule has 0 bridgehead atoms. The van der Waals surface area contributed by atoms with Crippen LogP contribution in [0.5, 0.6) is 0 Å². The van der Waals surface area contributed by atoms with Crippen LogP contribution in [-0.2, 0) is 9.59 Å². The molecule has 0 saturated carbocycles. The minimum atomic E-state index is -1.14. The van der Waals surface area contributed by atoms with Crippen molar-refractivity contribution in [3.8, 4) is 24.3 Å². The van der Waals surface area contributed by atoms with Gasteiger partial charge in [0.25, 0.3) is 0 Å². The number of carbonyl (C=O) groups excluding carboxylic acids is 2. The smallest absolute Gasteiger partial charge is 0.549 e. The molecule has 0 aromatic heterocycles. The van der Waals surface area contributed by atoms with Gasteiger partial charge in [-0.1, -0.05) is 33.7 Å². The molecule has 2 heterocycles. The number of aliphatic carboxylic acids is 2. The van der Waals surface area contributed by atoms with Crippen molar-refractivity contribution in [2.75, 3.05) is 0 Å². The van der Waals surface area contributed by atoms with Crippen LogP contribution < -0.4 is 69.3 Å². The van der Waals surface area contributed by atoms with Gasteiger partial charge in [0, 0.05) is 0 Å². The zero-order valence-electron chi connectivity index (χ0n) is 15.8. The molecule has 0 N–H and O–H groups in total. The summed E-state index contributed by atoms with van der Waals surface area (Å²) in [6.07, 6.45) is 3.04. The minimum Gasteiger partial charge on any atom is -0.549 e. The van der Waals surface area contributed by atoms with Gasteiger partial charge in [-0.15, -0.1) is 19.0 Å². The van der Waals surface area contributed by atoms with Gasteiger partial charge < -0.3 is 19.8 Å². The van der Waals surface area contributed by atoms with Crippen molar-refractivity contribution in [2.24, 2.45) is 11.8 Å². The first kappa shape index (κ1) is 31.7. The molecule has 0 amide bonds. The SMILES string of the molecule is N#CC(C#N)C=S1C=CC(C(=O)[O-])S1.N#CC(C#N)C=S1C=CC(C(=O)[O-])S1.[Na+].[Na+]. The van der Waals surface area contributed by atoms with Gasteiger partial charge in [0.05, 0.1) is 46.7 Å². The molecule has 0 aromatic carbocycles. The van der Waals surface area contributed by atoms with Crippen molar-refractivity contribution in [1.82, 2.24) is 0 Å². The first-order chi connectivity index (χ1) is 13.3. The number of hydrogen-bond acceptors (Lipinski definition) is 10. The Bertz CT molecular complexity index is 837. The van der Waals surface area contributed by atoms with Crippen molar-refractivity contribution < 1.29 is 78.9 Å². The Morgan fingerprint density at radius 3 is 1.30 bits per heavy atom. The zero-order valence-corrected chi connectivity index (χ0v) is 23.1. The van der Waals surface area contributed by atoms with E-state index in [9.17, 15) is 19.8 Å². The van der Waals surface area contributed by atoms with Crippen molar-refractivity contribution >= 4 is 63.3 Å². The average molecular weight is 497 g/mol. The second kappa shape index (κ2) is 17.1. The predicted octanol–water partition coefficient (Wildman–Crippen LogP) is -5.96. The van der Waals surface area contributed by atoms with Crippen LogP contribution in [0.2, 0.25) is 0 Å². The molecule has 8 nitrogen and oxygen atoms in total. The Morgan fingerprint density at radius 1 is 0.800 bits per heavy atom. The average Bonchev–Trinajstić information content (AvgIpc) is 3.34. The van der Waals surface area contributed by atoms with Crippen molar-refractivity contribution in [3.05, 3.63) is 23.0 Å². The number of hydrogen-bond donors (Lipinski definition) is 0. The van der Waals surface area contributed by atoms with Gasteiger partial charge >= 0.3 is 59.1 Å². The summed E-state index contributed by atoms with van der Waals surface area (Å²) < 4.78 is 0. The van der Waals surface area contributed by atoms with Crippen molar-refractivity contribution in [2.45, 2.75) is 10.5 Å². The van der Waals surface area contributed by atoms with E-state index >= 15 is 0 Å². The standard InChI is InChI=1S/2C8H6N2O2S2.2Na/c2*9-3-6(4-10)5-14-2-1-7(13-14)8(11)12;;/h2*1-2,5-7H,(H,11,12);;/q;;2*+1/p-2. The quantitative estimate of drug-likeness (QED) is 0.207. The molecule has 14 heteroatoms. The van der Waals surface area contributed by atoms with E-state index in [0.29, 0.717) is 0 Å². The minimum absolute atomic E-state index is 0. The van der Waals surface area contributed by atoms with Crippen LogP contribution in [0.1, 0.15) is 0 Å². The van der Waals surface area contributed by atoms with E-state index in [1.54, 1.807) is 45.8 Å². The van der Waals surface area contributed by atoms with Gasteiger partial charge in [-0.25, -0.2) is 0 Å². The van der Waals surface area contributed by atoms with Crippen LogP contribution in [0.25, 0.3) is 0 Å². The van der Waals surface area contributed by atoms with Crippen LogP contribution in [0.3, 0.4) is 0 Å². The van der Waals surface area contributed by atoms with E-state index in [1.165, 1.54) is 33.7 Å². The van der Waals surface area contributed by atoms with Crippen LogP contribution in [0.4, 0.5) is 0 Å². The molecular formula is C16H10N4Na2O4S4. The van der Waals surface area contributed by atoms with Gasteiger partial charge in [0.2, 0.25) is 0 Å². The molecule has 0 aromatic rings. The van der Waals surface area contributed by atoms with Gasteiger partial charge in [0.1, 0.15) is 0 Å². The van der Waals surface area contributed by atoms with E-state index < -0.39 is 53.3 Å². The third kappa shape index (κ3) is 11.2. The van der Waals surface area contributed by atoms with Crippen LogP contribution in [0, 0.1) is 57.2 Å². The number of carbonyl (C=O) groups is 2. The molecule has 0 fully saturated rings. The second-order valence-electron chi connectivity index (χ2n) is 4.73. The molecule has 0 saturated heterocycles. The maximum Gasteiger partial charge on any atom is 1.00 e. The number of carboxylic acids is 2. The Morgan fingerprint density at radius 2 is 1.10 bits per heavy atom. The van der Waals surface area contributed by atoms with Crippen molar-refractivity contribution in [3.63, 3.8) is 0 Å². The Kier molecular flexibility index (Phi) is 18.1. The molecule has 0 radical (unpaired) electrons. The Hall–Kier alpha value is -0.480. The summed E-state index contributed by atoms with van der Waals surface area (Å²) in [5.74, 6) is -3.84. The number of nitrogens with zero attached hydrogens (tertiary/aromatic N) is 4. The molecule has 2 aliphatic rings. The molecular weight excluding hydrogens is 486 g/mol. The van der Waals surface area contributed by atoms with E-state index in [0.717, 1.165) is 0 Å². The predicted molar refractivity (Wildman–Crippen MR) is 108 cm³/mol. The fourth-order valence-electron chi connectivity index (χ4n) is 1.50. The molecule has 30 heavy (non-hydrogen) atoms. The third-order valence-corrected chi connectivity index (χ3v) is 10.2. The zero-order chi connectivity index (χ0) is 21.1. The first-order valence-electron chi connectivity index (χ1n) is 7.19.